The van der Waals surface area contributed by atoms with Crippen LogP contribution >= 0.6 is 0 Å². The van der Waals surface area contributed by atoms with E-state index >= 15 is 0 Å². The molecular weight excluding hydrogens is 362 g/mol. The minimum atomic E-state index is 0.458. The Kier molecular flexibility index (Phi) is 5.95. The lowest BCUT2D eigenvalue weighted by atomic mass is 10.1. The number of aliphatic imine (C=N–C) groups is 1. The van der Waals surface area contributed by atoms with E-state index in [1.165, 1.54) is 5.56 Å². The van der Waals surface area contributed by atoms with Gasteiger partial charge >= 0.3 is 0 Å². The number of rotatable bonds is 8. The van der Waals surface area contributed by atoms with Crippen molar-refractivity contribution in [3.05, 3.63) is 83.9 Å². The Morgan fingerprint density at radius 2 is 1.59 bits per heavy atom. The highest BCUT2D eigenvalue weighted by atomic mass is 16.5. The van der Waals surface area contributed by atoms with Crippen molar-refractivity contribution in [1.82, 2.24) is 4.90 Å². The van der Waals surface area contributed by atoms with Gasteiger partial charge in [-0.1, -0.05) is 36.4 Å². The first-order valence-corrected chi connectivity index (χ1v) is 9.83. The van der Waals surface area contributed by atoms with Crippen LogP contribution in [0, 0.1) is 0 Å². The summed E-state index contributed by atoms with van der Waals surface area (Å²) < 4.78 is 12.0. The molecule has 0 saturated heterocycles. The molecule has 148 valence electrons. The summed E-state index contributed by atoms with van der Waals surface area (Å²) in [4.78, 5) is 6.50. The van der Waals surface area contributed by atoms with Crippen molar-refractivity contribution in [3.8, 4) is 17.2 Å². The summed E-state index contributed by atoms with van der Waals surface area (Å²) in [6.07, 6.45) is 2.94. The van der Waals surface area contributed by atoms with E-state index in [1.807, 2.05) is 67.0 Å². The van der Waals surface area contributed by atoms with Crippen LogP contribution in [0.25, 0.3) is 0 Å². The Morgan fingerprint density at radius 1 is 0.862 bits per heavy atom. The van der Waals surface area contributed by atoms with Gasteiger partial charge in [0.2, 0.25) is 0 Å². The van der Waals surface area contributed by atoms with Crippen LogP contribution in [-0.4, -0.2) is 30.9 Å². The molecule has 0 aliphatic carbocycles. The van der Waals surface area contributed by atoms with Gasteiger partial charge in [0.25, 0.3) is 0 Å². The topological polar surface area (TPSA) is 60.1 Å². The van der Waals surface area contributed by atoms with E-state index < -0.39 is 0 Å². The van der Waals surface area contributed by atoms with Gasteiger partial charge in [0, 0.05) is 18.8 Å². The molecule has 0 bridgehead atoms. The second-order valence-corrected chi connectivity index (χ2v) is 7.03. The van der Waals surface area contributed by atoms with Crippen LogP contribution in [0.4, 0.5) is 5.69 Å². The third-order valence-corrected chi connectivity index (χ3v) is 4.82. The Labute approximate surface area is 171 Å². The normalized spacial score (nSPS) is 12.9. The fraction of sp³-hybridized carbons (Fsp3) is 0.208. The van der Waals surface area contributed by atoms with Gasteiger partial charge in [0.1, 0.15) is 12.4 Å². The van der Waals surface area contributed by atoms with Crippen molar-refractivity contribution in [1.29, 1.82) is 0 Å². The van der Waals surface area contributed by atoms with Gasteiger partial charge in [-0.2, -0.15) is 0 Å². The van der Waals surface area contributed by atoms with Gasteiger partial charge in [-0.15, -0.1) is 0 Å². The van der Waals surface area contributed by atoms with E-state index in [2.05, 4.69) is 22.0 Å². The van der Waals surface area contributed by atoms with Crippen LogP contribution < -0.4 is 15.2 Å². The molecule has 1 aliphatic rings. The highest BCUT2D eigenvalue weighted by Crippen LogP contribution is 2.32. The standard InChI is InChI=1S/C24H25N3O2/c25-21-9-5-20(6-10-21)17-28-23-3-1-2-4-24(23)29-22-11-7-19(8-12-22)13-15-27-16-14-26-18-27/h1-12,18H,13-17,25H2. The molecule has 0 radical (unpaired) electrons. The van der Waals surface area contributed by atoms with Gasteiger partial charge in [-0.3, -0.25) is 4.99 Å². The molecule has 0 atom stereocenters. The predicted octanol–water partition coefficient (Wildman–Crippen LogP) is 4.53. The summed E-state index contributed by atoms with van der Waals surface area (Å²) in [5.74, 6) is 2.20. The van der Waals surface area contributed by atoms with Gasteiger partial charge in [0.15, 0.2) is 11.5 Å². The highest BCUT2D eigenvalue weighted by molar-refractivity contribution is 5.57. The Hall–Kier alpha value is -3.47. The van der Waals surface area contributed by atoms with Crippen LogP contribution in [0.2, 0.25) is 0 Å². The van der Waals surface area contributed by atoms with E-state index in [1.54, 1.807) is 0 Å². The zero-order chi connectivity index (χ0) is 19.9. The lowest BCUT2D eigenvalue weighted by Crippen LogP contribution is -2.22. The zero-order valence-corrected chi connectivity index (χ0v) is 16.3. The largest absolute Gasteiger partial charge is 0.485 e. The first-order chi connectivity index (χ1) is 14.3. The lowest BCUT2D eigenvalue weighted by molar-refractivity contribution is 0.291. The average Bonchev–Trinajstić information content (AvgIpc) is 3.27. The third-order valence-electron chi connectivity index (χ3n) is 4.82. The predicted molar refractivity (Wildman–Crippen MR) is 117 cm³/mol. The van der Waals surface area contributed by atoms with E-state index in [-0.39, 0.29) is 0 Å². The van der Waals surface area contributed by atoms with Crippen LogP contribution in [-0.2, 0) is 13.0 Å². The second-order valence-electron chi connectivity index (χ2n) is 7.03. The number of nitrogen functional groups attached to an aromatic ring is 1. The smallest absolute Gasteiger partial charge is 0.169 e. The van der Waals surface area contributed by atoms with Crippen molar-refractivity contribution in [3.63, 3.8) is 0 Å². The zero-order valence-electron chi connectivity index (χ0n) is 16.3. The van der Waals surface area contributed by atoms with E-state index in [9.17, 15) is 0 Å². The van der Waals surface area contributed by atoms with Crippen LogP contribution in [0.1, 0.15) is 11.1 Å². The molecule has 0 saturated carbocycles. The molecule has 3 aromatic carbocycles. The van der Waals surface area contributed by atoms with E-state index in [0.29, 0.717) is 18.1 Å². The number of anilines is 1. The minimum absolute atomic E-state index is 0.458. The third kappa shape index (κ3) is 5.29. The molecule has 1 heterocycles. The van der Waals surface area contributed by atoms with Crippen molar-refractivity contribution in [2.75, 3.05) is 25.4 Å². The summed E-state index contributed by atoms with van der Waals surface area (Å²) in [6.45, 7) is 3.38. The summed E-state index contributed by atoms with van der Waals surface area (Å²) in [6, 6.07) is 23.6. The Bertz CT molecular complexity index is 953. The van der Waals surface area contributed by atoms with Crippen LogP contribution in [0.3, 0.4) is 0 Å². The molecular formula is C24H25N3O2. The maximum atomic E-state index is 6.07. The molecule has 0 unspecified atom stereocenters. The van der Waals surface area contributed by atoms with Crippen molar-refractivity contribution < 1.29 is 9.47 Å². The molecule has 5 nitrogen and oxygen atoms in total. The second kappa shape index (κ2) is 9.15. The van der Waals surface area contributed by atoms with Crippen LogP contribution in [0.15, 0.2) is 77.8 Å². The van der Waals surface area contributed by atoms with Crippen molar-refractivity contribution in [2.24, 2.45) is 4.99 Å². The first-order valence-electron chi connectivity index (χ1n) is 9.83. The van der Waals surface area contributed by atoms with Gasteiger partial charge < -0.3 is 20.1 Å². The number of nitrogens with zero attached hydrogens (tertiary/aromatic N) is 2. The summed E-state index contributed by atoms with van der Waals surface area (Å²) in [7, 11) is 0. The molecule has 1 aliphatic heterocycles. The molecule has 5 heteroatoms. The molecule has 3 aromatic rings. The summed E-state index contributed by atoms with van der Waals surface area (Å²) >= 11 is 0. The number of nitrogens with two attached hydrogens (primary N) is 1. The summed E-state index contributed by atoms with van der Waals surface area (Å²) in [5.41, 5.74) is 8.82. The number of benzene rings is 3. The average molecular weight is 387 g/mol. The molecule has 0 amide bonds. The quantitative estimate of drug-likeness (QED) is 0.577. The van der Waals surface area contributed by atoms with Crippen molar-refractivity contribution >= 4 is 12.0 Å². The fourth-order valence-electron chi connectivity index (χ4n) is 3.14. The molecule has 4 rings (SSSR count). The van der Waals surface area contributed by atoms with Crippen LogP contribution in [0.5, 0.6) is 17.2 Å². The van der Waals surface area contributed by atoms with E-state index in [0.717, 1.165) is 43.1 Å². The Balaban J connectivity index is 1.36. The first kappa shape index (κ1) is 18.9. The molecule has 0 fully saturated rings. The summed E-state index contributed by atoms with van der Waals surface area (Å²) in [5, 5.41) is 0. The number of ether oxygens (including phenoxy) is 2. The molecule has 0 aromatic heterocycles. The Morgan fingerprint density at radius 3 is 2.31 bits per heavy atom. The number of hydrogen-bond donors (Lipinski definition) is 1. The maximum absolute atomic E-state index is 6.07. The maximum Gasteiger partial charge on any atom is 0.169 e. The van der Waals surface area contributed by atoms with Crippen molar-refractivity contribution in [2.45, 2.75) is 13.0 Å². The molecule has 29 heavy (non-hydrogen) atoms. The molecule has 0 spiro atoms. The highest BCUT2D eigenvalue weighted by Gasteiger charge is 2.08. The monoisotopic (exact) mass is 387 g/mol. The minimum Gasteiger partial charge on any atom is -0.485 e. The van der Waals surface area contributed by atoms with E-state index in [4.69, 9.17) is 15.2 Å². The van der Waals surface area contributed by atoms with Gasteiger partial charge in [-0.25, -0.2) is 0 Å². The molecule has 2 N–H and O–H groups in total. The fourth-order valence-corrected chi connectivity index (χ4v) is 3.14. The number of para-hydroxylation sites is 2. The SMILES string of the molecule is Nc1ccc(COc2ccccc2Oc2ccc(CCN3C=NCC3)cc2)cc1. The lowest BCUT2D eigenvalue weighted by Gasteiger charge is -2.14. The van der Waals surface area contributed by atoms with Gasteiger partial charge in [0.05, 0.1) is 12.9 Å². The number of hydrogen-bond acceptors (Lipinski definition) is 5. The van der Waals surface area contributed by atoms with Gasteiger partial charge in [-0.05, 0) is 53.9 Å².